The molecule has 1 aromatic rings. The second-order valence-electron chi connectivity index (χ2n) is 6.16. The van der Waals surface area contributed by atoms with Crippen LogP contribution in [0.4, 0.5) is 10.5 Å². The monoisotopic (exact) mass is 305 g/mol. The number of urea groups is 1. The van der Waals surface area contributed by atoms with Crippen LogP contribution in [-0.4, -0.2) is 62.3 Å². The molecule has 1 saturated heterocycles. The van der Waals surface area contributed by atoms with Crippen LogP contribution in [-0.2, 0) is 4.74 Å². The first-order chi connectivity index (χ1) is 10.5. The van der Waals surface area contributed by atoms with E-state index in [-0.39, 0.29) is 12.1 Å². The Morgan fingerprint density at radius 1 is 1.27 bits per heavy atom. The van der Waals surface area contributed by atoms with Crippen molar-refractivity contribution in [3.8, 4) is 0 Å². The topological polar surface area (TPSA) is 44.8 Å². The van der Waals surface area contributed by atoms with Crippen LogP contribution in [0.25, 0.3) is 0 Å². The number of piperidine rings is 1. The number of likely N-dealkylation sites (N-methyl/N-ethyl adjacent to an activating group) is 1. The predicted molar refractivity (Wildman–Crippen MR) is 89.3 cm³/mol. The molecule has 1 aromatic carbocycles. The fourth-order valence-corrected chi connectivity index (χ4v) is 2.47. The van der Waals surface area contributed by atoms with E-state index in [1.807, 2.05) is 50.2 Å². The number of carbonyl (C=O) groups is 1. The van der Waals surface area contributed by atoms with Gasteiger partial charge in [0.05, 0.1) is 12.7 Å². The number of nitrogens with one attached hydrogen (secondary N) is 1. The molecule has 122 valence electrons. The Morgan fingerprint density at radius 2 is 1.91 bits per heavy atom. The lowest BCUT2D eigenvalue weighted by Gasteiger charge is -2.32. The minimum atomic E-state index is -0.0180. The zero-order chi connectivity index (χ0) is 15.9. The highest BCUT2D eigenvalue weighted by molar-refractivity contribution is 5.89. The number of hydrogen-bond donors (Lipinski definition) is 1. The van der Waals surface area contributed by atoms with Crippen molar-refractivity contribution in [1.29, 1.82) is 0 Å². The van der Waals surface area contributed by atoms with E-state index in [1.54, 1.807) is 0 Å². The first-order valence-electron chi connectivity index (χ1n) is 7.93. The summed E-state index contributed by atoms with van der Waals surface area (Å²) in [5.74, 6) is 0. The van der Waals surface area contributed by atoms with Gasteiger partial charge in [-0.15, -0.1) is 0 Å². The maximum absolute atomic E-state index is 12.2. The normalized spacial score (nSPS) is 16.1. The molecule has 0 aliphatic carbocycles. The van der Waals surface area contributed by atoms with Crippen LogP contribution in [0.5, 0.6) is 0 Å². The lowest BCUT2D eigenvalue weighted by molar-refractivity contribution is 0.0101. The molecule has 0 saturated carbocycles. The minimum Gasteiger partial charge on any atom is -0.377 e. The van der Waals surface area contributed by atoms with Gasteiger partial charge < -0.3 is 19.9 Å². The largest absolute Gasteiger partial charge is 0.377 e. The highest BCUT2D eigenvalue weighted by Gasteiger charge is 2.23. The highest BCUT2D eigenvalue weighted by Crippen LogP contribution is 2.16. The molecule has 0 atom stereocenters. The maximum atomic E-state index is 12.2. The van der Waals surface area contributed by atoms with Crippen molar-refractivity contribution >= 4 is 11.7 Å². The molecule has 0 unspecified atom stereocenters. The van der Waals surface area contributed by atoms with Crippen molar-refractivity contribution in [2.75, 3.05) is 45.7 Å². The average molecular weight is 305 g/mol. The number of hydrogen-bond acceptors (Lipinski definition) is 3. The van der Waals surface area contributed by atoms with Crippen molar-refractivity contribution in [2.45, 2.75) is 25.9 Å². The molecular weight excluding hydrogens is 278 g/mol. The molecule has 2 amide bonds. The molecule has 0 radical (unpaired) electrons. The number of benzene rings is 1. The molecule has 1 N–H and O–H groups in total. The Kier molecular flexibility index (Phi) is 6.21. The van der Waals surface area contributed by atoms with E-state index >= 15 is 0 Å². The molecule has 22 heavy (non-hydrogen) atoms. The van der Waals surface area contributed by atoms with Gasteiger partial charge in [0.25, 0.3) is 0 Å². The molecule has 2 rings (SSSR count). The molecule has 0 aromatic heterocycles. The minimum absolute atomic E-state index is 0.0180. The Labute approximate surface area is 133 Å². The van der Waals surface area contributed by atoms with Gasteiger partial charge in [0, 0.05) is 25.3 Å². The van der Waals surface area contributed by atoms with Crippen LogP contribution in [0, 0.1) is 6.92 Å². The third-order valence-electron chi connectivity index (χ3n) is 3.92. The van der Waals surface area contributed by atoms with Gasteiger partial charge in [-0.25, -0.2) is 4.79 Å². The number of rotatable bonds is 5. The Balaban J connectivity index is 1.71. The molecule has 5 nitrogen and oxygen atoms in total. The van der Waals surface area contributed by atoms with Gasteiger partial charge in [-0.3, -0.25) is 0 Å². The molecule has 0 bridgehead atoms. The number of nitrogens with zero attached hydrogens (tertiary/aromatic N) is 2. The van der Waals surface area contributed by atoms with E-state index in [0.29, 0.717) is 0 Å². The fourth-order valence-electron chi connectivity index (χ4n) is 2.47. The van der Waals surface area contributed by atoms with Crippen molar-refractivity contribution < 1.29 is 9.53 Å². The van der Waals surface area contributed by atoms with E-state index < -0.39 is 0 Å². The van der Waals surface area contributed by atoms with Gasteiger partial charge in [-0.2, -0.15) is 0 Å². The van der Waals surface area contributed by atoms with E-state index in [0.717, 1.165) is 44.8 Å². The third-order valence-corrected chi connectivity index (χ3v) is 3.92. The predicted octanol–water partition coefficient (Wildman–Crippen LogP) is 2.57. The first kappa shape index (κ1) is 16.8. The zero-order valence-corrected chi connectivity index (χ0v) is 13.8. The fraction of sp³-hybridized carbons (Fsp3) is 0.588. The van der Waals surface area contributed by atoms with Gasteiger partial charge in [0.15, 0.2) is 0 Å². The van der Waals surface area contributed by atoms with Crippen molar-refractivity contribution in [2.24, 2.45) is 0 Å². The molecule has 1 aliphatic heterocycles. The number of anilines is 1. The van der Waals surface area contributed by atoms with Crippen molar-refractivity contribution in [1.82, 2.24) is 9.80 Å². The number of likely N-dealkylation sites (tertiary alicyclic amines) is 1. The summed E-state index contributed by atoms with van der Waals surface area (Å²) in [4.78, 5) is 16.2. The van der Waals surface area contributed by atoms with Gasteiger partial charge in [-0.05, 0) is 46.0 Å². The lowest BCUT2D eigenvalue weighted by atomic mass is 10.1. The second kappa shape index (κ2) is 8.15. The second-order valence-corrected chi connectivity index (χ2v) is 6.16. The van der Waals surface area contributed by atoms with Crippen LogP contribution in [0.15, 0.2) is 24.3 Å². The van der Waals surface area contributed by atoms with E-state index in [2.05, 4.69) is 10.2 Å². The van der Waals surface area contributed by atoms with Crippen LogP contribution in [0.3, 0.4) is 0 Å². The molecule has 1 aliphatic rings. The Bertz CT molecular complexity index is 465. The number of aryl methyl sites for hydroxylation is 1. The van der Waals surface area contributed by atoms with E-state index in [4.69, 9.17) is 4.74 Å². The van der Waals surface area contributed by atoms with Crippen LogP contribution in [0.2, 0.25) is 0 Å². The first-order valence-corrected chi connectivity index (χ1v) is 7.93. The van der Waals surface area contributed by atoms with Crippen LogP contribution < -0.4 is 5.32 Å². The van der Waals surface area contributed by atoms with Gasteiger partial charge in [-0.1, -0.05) is 17.7 Å². The van der Waals surface area contributed by atoms with Crippen LogP contribution in [0.1, 0.15) is 18.4 Å². The number of ether oxygens (including phenoxy) is 1. The summed E-state index contributed by atoms with van der Waals surface area (Å²) in [6.07, 6.45) is 2.10. The molecule has 5 heteroatoms. The summed E-state index contributed by atoms with van der Waals surface area (Å²) < 4.78 is 5.85. The standard InChI is InChI=1S/C17H27N3O2/c1-14-4-6-15(7-5-14)18-17(21)20-10-8-16(9-11-20)22-13-12-19(2)3/h4-7,16H,8-13H2,1-3H3,(H,18,21). The van der Waals surface area contributed by atoms with E-state index in [1.165, 1.54) is 5.56 Å². The lowest BCUT2D eigenvalue weighted by Crippen LogP contribution is -2.43. The summed E-state index contributed by atoms with van der Waals surface area (Å²) in [6.45, 7) is 5.24. The SMILES string of the molecule is Cc1ccc(NC(=O)N2CCC(OCCN(C)C)CC2)cc1. The molecular formula is C17H27N3O2. The molecule has 1 fully saturated rings. The van der Waals surface area contributed by atoms with Crippen molar-refractivity contribution in [3.63, 3.8) is 0 Å². The summed E-state index contributed by atoms with van der Waals surface area (Å²) in [6, 6.07) is 7.85. The number of amides is 2. The van der Waals surface area contributed by atoms with Crippen molar-refractivity contribution in [3.05, 3.63) is 29.8 Å². The Hall–Kier alpha value is -1.59. The third kappa shape index (κ3) is 5.31. The summed E-state index contributed by atoms with van der Waals surface area (Å²) in [5.41, 5.74) is 2.04. The van der Waals surface area contributed by atoms with Gasteiger partial charge in [0.1, 0.15) is 0 Å². The summed E-state index contributed by atoms with van der Waals surface area (Å²) >= 11 is 0. The highest BCUT2D eigenvalue weighted by atomic mass is 16.5. The Morgan fingerprint density at radius 3 is 2.50 bits per heavy atom. The molecule has 0 spiro atoms. The molecule has 1 heterocycles. The summed E-state index contributed by atoms with van der Waals surface area (Å²) in [5, 5.41) is 2.95. The average Bonchev–Trinajstić information content (AvgIpc) is 2.50. The maximum Gasteiger partial charge on any atom is 0.321 e. The van der Waals surface area contributed by atoms with Gasteiger partial charge >= 0.3 is 6.03 Å². The van der Waals surface area contributed by atoms with Crippen LogP contribution >= 0.6 is 0 Å². The smallest absolute Gasteiger partial charge is 0.321 e. The van der Waals surface area contributed by atoms with E-state index in [9.17, 15) is 4.79 Å². The number of carbonyl (C=O) groups excluding carboxylic acids is 1. The summed E-state index contributed by atoms with van der Waals surface area (Å²) in [7, 11) is 4.09. The zero-order valence-electron chi connectivity index (χ0n) is 13.8. The quantitative estimate of drug-likeness (QED) is 0.909. The van der Waals surface area contributed by atoms with Gasteiger partial charge in [0.2, 0.25) is 0 Å².